The summed E-state index contributed by atoms with van der Waals surface area (Å²) in [5, 5.41) is 0. The van der Waals surface area contributed by atoms with Gasteiger partial charge in [0, 0.05) is 20.6 Å². The van der Waals surface area contributed by atoms with Crippen molar-refractivity contribution in [1.29, 1.82) is 0 Å². The molecule has 0 spiro atoms. The van der Waals surface area contributed by atoms with Gasteiger partial charge in [0.2, 0.25) is 0 Å². The van der Waals surface area contributed by atoms with Crippen LogP contribution in [0, 0.1) is 5.92 Å². The van der Waals surface area contributed by atoms with Gasteiger partial charge in [0.1, 0.15) is 5.84 Å². The molecule has 0 aromatic heterocycles. The van der Waals surface area contributed by atoms with Gasteiger partial charge in [-0.05, 0) is 38.6 Å². The van der Waals surface area contributed by atoms with Crippen molar-refractivity contribution >= 4 is 23.2 Å². The zero-order chi connectivity index (χ0) is 16.1. The number of aliphatic imine (C=N–C) groups is 1. The van der Waals surface area contributed by atoms with Crippen LogP contribution in [0.2, 0.25) is 0 Å². The molecular weight excluding hydrogens is 282 g/mol. The summed E-state index contributed by atoms with van der Waals surface area (Å²) < 4.78 is 0. The summed E-state index contributed by atoms with van der Waals surface area (Å²) in [5.41, 5.74) is 6.53. The molecule has 5 heteroatoms. The second-order valence-electron chi connectivity index (χ2n) is 5.27. The molecule has 4 nitrogen and oxygen atoms in total. The third kappa shape index (κ3) is 8.94. The number of nitrogens with two attached hydrogens (primary N) is 1. The van der Waals surface area contributed by atoms with E-state index in [1.165, 1.54) is 24.6 Å². The smallest absolute Gasteiger partial charge is 0.181 e. The van der Waals surface area contributed by atoms with Crippen LogP contribution in [-0.4, -0.2) is 43.5 Å². The molecule has 0 saturated carbocycles. The van der Waals surface area contributed by atoms with Crippen molar-refractivity contribution in [2.75, 3.05) is 27.2 Å². The van der Waals surface area contributed by atoms with E-state index in [0.29, 0.717) is 12.5 Å². The SMILES string of the molecule is CCCCC(/C=C(\SC=O)C(=NCC)N(C)C)CCCN. The second-order valence-corrected chi connectivity index (χ2v) is 6.14. The number of hydrogen-bond donors (Lipinski definition) is 1. The second kappa shape index (κ2) is 12.9. The van der Waals surface area contributed by atoms with E-state index in [2.05, 4.69) is 18.0 Å². The van der Waals surface area contributed by atoms with Crippen LogP contribution in [0.15, 0.2) is 16.0 Å². The Morgan fingerprint density at radius 1 is 1.29 bits per heavy atom. The molecule has 21 heavy (non-hydrogen) atoms. The molecule has 1 atom stereocenters. The van der Waals surface area contributed by atoms with Crippen molar-refractivity contribution in [1.82, 2.24) is 4.90 Å². The van der Waals surface area contributed by atoms with Crippen molar-refractivity contribution in [3.8, 4) is 0 Å². The van der Waals surface area contributed by atoms with E-state index in [4.69, 9.17) is 5.73 Å². The summed E-state index contributed by atoms with van der Waals surface area (Å²) in [6, 6.07) is 0. The quantitative estimate of drug-likeness (QED) is 0.361. The van der Waals surface area contributed by atoms with E-state index >= 15 is 0 Å². The van der Waals surface area contributed by atoms with Crippen molar-refractivity contribution in [3.63, 3.8) is 0 Å². The van der Waals surface area contributed by atoms with E-state index in [0.717, 1.165) is 42.2 Å². The fourth-order valence-corrected chi connectivity index (χ4v) is 2.91. The molecule has 0 fully saturated rings. The highest BCUT2D eigenvalue weighted by Gasteiger charge is 2.13. The molecule has 0 aromatic rings. The number of carbonyl (C=O) groups excluding carboxylic acids is 1. The topological polar surface area (TPSA) is 58.7 Å². The Bertz CT molecular complexity index is 332. The maximum absolute atomic E-state index is 11.0. The Morgan fingerprint density at radius 3 is 2.43 bits per heavy atom. The zero-order valence-corrected chi connectivity index (χ0v) is 14.8. The summed E-state index contributed by atoms with van der Waals surface area (Å²) >= 11 is 1.22. The highest BCUT2D eigenvalue weighted by molar-refractivity contribution is 8.16. The number of carbonyl (C=O) groups is 1. The molecule has 2 N–H and O–H groups in total. The van der Waals surface area contributed by atoms with Crippen LogP contribution >= 0.6 is 11.8 Å². The molecule has 0 radical (unpaired) electrons. The number of amidine groups is 1. The summed E-state index contributed by atoms with van der Waals surface area (Å²) in [4.78, 5) is 18.5. The van der Waals surface area contributed by atoms with Crippen LogP contribution in [0.25, 0.3) is 0 Å². The third-order valence-electron chi connectivity index (χ3n) is 3.22. The lowest BCUT2D eigenvalue weighted by Crippen LogP contribution is -2.24. The van der Waals surface area contributed by atoms with Crippen molar-refractivity contribution in [3.05, 3.63) is 11.0 Å². The number of nitrogens with zero attached hydrogens (tertiary/aromatic N) is 2. The predicted octanol–water partition coefficient (Wildman–Crippen LogP) is 3.32. The standard InChI is InChI=1S/C16H31N3OS/c1-5-7-9-14(10-8-11-17)12-15(21-13-20)16(18-6-2)19(3)4/h12-14H,5-11,17H2,1-4H3/b15-12-,18-16?. The third-order valence-corrected chi connectivity index (χ3v) is 3.89. The summed E-state index contributed by atoms with van der Waals surface area (Å²) in [5.74, 6) is 1.36. The predicted molar refractivity (Wildman–Crippen MR) is 95.4 cm³/mol. The van der Waals surface area contributed by atoms with Crippen molar-refractivity contribution in [2.45, 2.75) is 46.0 Å². The number of unbranched alkanes of at least 4 members (excludes halogenated alkanes) is 1. The van der Waals surface area contributed by atoms with E-state index in [1.807, 2.05) is 25.9 Å². The van der Waals surface area contributed by atoms with Crippen LogP contribution in [0.4, 0.5) is 0 Å². The van der Waals surface area contributed by atoms with Gasteiger partial charge in [0.05, 0.1) is 4.91 Å². The fraction of sp³-hybridized carbons (Fsp3) is 0.750. The minimum atomic E-state index is 0.470. The lowest BCUT2D eigenvalue weighted by Gasteiger charge is -2.20. The average molecular weight is 314 g/mol. The highest BCUT2D eigenvalue weighted by Crippen LogP contribution is 2.24. The molecule has 0 saturated heterocycles. The molecule has 0 amide bonds. The Morgan fingerprint density at radius 2 is 1.95 bits per heavy atom. The first kappa shape index (κ1) is 20.2. The number of thioether (sulfide) groups is 1. The molecule has 0 aliphatic rings. The number of likely N-dealkylation sites (N-methyl/N-ethyl adjacent to an activating group) is 1. The van der Waals surface area contributed by atoms with Gasteiger partial charge < -0.3 is 10.6 Å². The fourth-order valence-electron chi connectivity index (χ4n) is 2.18. The van der Waals surface area contributed by atoms with Gasteiger partial charge in [-0.25, -0.2) is 0 Å². The monoisotopic (exact) mass is 313 g/mol. The molecule has 1 unspecified atom stereocenters. The van der Waals surface area contributed by atoms with Gasteiger partial charge in [-0.15, -0.1) is 0 Å². The first-order valence-corrected chi connectivity index (χ1v) is 8.72. The first-order chi connectivity index (χ1) is 10.1. The van der Waals surface area contributed by atoms with Crippen LogP contribution in [-0.2, 0) is 4.79 Å². The highest BCUT2D eigenvalue weighted by atomic mass is 32.2. The van der Waals surface area contributed by atoms with E-state index in [1.54, 1.807) is 0 Å². The number of hydrogen-bond acceptors (Lipinski definition) is 4. The summed E-state index contributed by atoms with van der Waals surface area (Å²) in [7, 11) is 3.93. The van der Waals surface area contributed by atoms with Crippen molar-refractivity contribution < 1.29 is 4.79 Å². The lowest BCUT2D eigenvalue weighted by molar-refractivity contribution is 0.503. The molecule has 0 heterocycles. The Balaban J connectivity index is 5.21. The van der Waals surface area contributed by atoms with E-state index < -0.39 is 0 Å². The van der Waals surface area contributed by atoms with Gasteiger partial charge in [0.25, 0.3) is 0 Å². The van der Waals surface area contributed by atoms with Crippen molar-refractivity contribution in [2.24, 2.45) is 16.6 Å². The Hall–Kier alpha value is -0.810. The van der Waals surface area contributed by atoms with Crippen LogP contribution in [0.3, 0.4) is 0 Å². The van der Waals surface area contributed by atoms with Crippen LogP contribution in [0.1, 0.15) is 46.0 Å². The van der Waals surface area contributed by atoms with E-state index in [9.17, 15) is 4.79 Å². The molecule has 0 aromatic carbocycles. The normalized spacial score (nSPS) is 14.1. The zero-order valence-electron chi connectivity index (χ0n) is 14.0. The van der Waals surface area contributed by atoms with Crippen LogP contribution < -0.4 is 5.73 Å². The molecule has 0 aliphatic carbocycles. The molecular formula is C16H31N3OS. The first-order valence-electron chi connectivity index (χ1n) is 7.84. The Labute approximate surface area is 134 Å². The minimum Gasteiger partial charge on any atom is -0.362 e. The van der Waals surface area contributed by atoms with E-state index in [-0.39, 0.29) is 0 Å². The minimum absolute atomic E-state index is 0.470. The van der Waals surface area contributed by atoms with Crippen LogP contribution in [0.5, 0.6) is 0 Å². The average Bonchev–Trinajstić information content (AvgIpc) is 2.46. The number of allylic oxidation sites excluding steroid dienone is 1. The maximum Gasteiger partial charge on any atom is 0.181 e. The van der Waals surface area contributed by atoms with Gasteiger partial charge in [-0.1, -0.05) is 37.6 Å². The molecule has 0 rings (SSSR count). The largest absolute Gasteiger partial charge is 0.362 e. The molecule has 0 aliphatic heterocycles. The van der Waals surface area contributed by atoms with Gasteiger partial charge in [-0.3, -0.25) is 9.79 Å². The lowest BCUT2D eigenvalue weighted by atomic mass is 9.96. The Kier molecular flexibility index (Phi) is 12.4. The molecule has 0 bridgehead atoms. The van der Waals surface area contributed by atoms with Gasteiger partial charge in [0.15, 0.2) is 5.62 Å². The molecule has 122 valence electrons. The summed E-state index contributed by atoms with van der Waals surface area (Å²) in [6.07, 6.45) is 7.85. The summed E-state index contributed by atoms with van der Waals surface area (Å²) in [6.45, 7) is 5.65. The van der Waals surface area contributed by atoms with Gasteiger partial charge >= 0.3 is 0 Å². The maximum atomic E-state index is 11.0. The van der Waals surface area contributed by atoms with Gasteiger partial charge in [-0.2, -0.15) is 0 Å². The number of rotatable bonds is 11.